The molecule has 6 rings (SSSR count). The van der Waals surface area contributed by atoms with Gasteiger partial charge in [-0.05, 0) is 64.9 Å². The SMILES string of the molecule is c1cncc(-c2ccc3nc(-c4cccnc4)nc(Nc4ccc5ccsc5c4)c3c2)c1. The Morgan fingerprint density at radius 2 is 1.56 bits per heavy atom. The minimum Gasteiger partial charge on any atom is -0.340 e. The van der Waals surface area contributed by atoms with Crippen LogP contribution in [0.15, 0.2) is 96.9 Å². The molecule has 152 valence electrons. The van der Waals surface area contributed by atoms with E-state index < -0.39 is 0 Å². The summed E-state index contributed by atoms with van der Waals surface area (Å²) in [5.41, 5.74) is 4.86. The molecular weight excluding hydrogens is 414 g/mol. The topological polar surface area (TPSA) is 63.6 Å². The van der Waals surface area contributed by atoms with Gasteiger partial charge in [-0.1, -0.05) is 18.2 Å². The summed E-state index contributed by atoms with van der Waals surface area (Å²) in [5, 5.41) is 7.83. The summed E-state index contributed by atoms with van der Waals surface area (Å²) in [6.45, 7) is 0. The van der Waals surface area contributed by atoms with E-state index in [0.717, 1.165) is 39.1 Å². The van der Waals surface area contributed by atoms with Crippen LogP contribution < -0.4 is 5.32 Å². The summed E-state index contributed by atoms with van der Waals surface area (Å²) >= 11 is 1.73. The molecule has 32 heavy (non-hydrogen) atoms. The first-order valence-corrected chi connectivity index (χ1v) is 11.1. The van der Waals surface area contributed by atoms with Crippen molar-refractivity contribution in [3.8, 4) is 22.5 Å². The standard InChI is InChI=1S/C26H17N5S/c1-3-19(15-27-10-1)18-6-8-23-22(13-18)26(31-25(30-23)20-4-2-11-28-16-20)29-21-7-5-17-9-12-32-24(17)14-21/h1-16H,(H,29,30,31). The number of benzene rings is 2. The molecule has 0 bridgehead atoms. The summed E-state index contributed by atoms with van der Waals surface area (Å²) in [6, 6.07) is 22.6. The summed E-state index contributed by atoms with van der Waals surface area (Å²) in [6.07, 6.45) is 7.18. The highest BCUT2D eigenvalue weighted by Gasteiger charge is 2.12. The van der Waals surface area contributed by atoms with E-state index in [1.807, 2.05) is 30.5 Å². The molecule has 5 nitrogen and oxygen atoms in total. The summed E-state index contributed by atoms with van der Waals surface area (Å²) < 4.78 is 1.23. The number of nitrogens with zero attached hydrogens (tertiary/aromatic N) is 4. The largest absolute Gasteiger partial charge is 0.340 e. The zero-order valence-corrected chi connectivity index (χ0v) is 17.8. The van der Waals surface area contributed by atoms with Crippen molar-refractivity contribution >= 4 is 43.8 Å². The quantitative estimate of drug-likeness (QED) is 0.336. The summed E-state index contributed by atoms with van der Waals surface area (Å²) in [7, 11) is 0. The van der Waals surface area contributed by atoms with Crippen LogP contribution in [-0.2, 0) is 0 Å². The second-order valence-electron chi connectivity index (χ2n) is 7.41. The Bertz CT molecular complexity index is 1550. The Balaban J connectivity index is 1.53. The number of anilines is 2. The maximum atomic E-state index is 4.89. The predicted molar refractivity (Wildman–Crippen MR) is 131 cm³/mol. The Labute approximate surface area is 188 Å². The minimum atomic E-state index is 0.638. The van der Waals surface area contributed by atoms with Gasteiger partial charge in [-0.15, -0.1) is 11.3 Å². The monoisotopic (exact) mass is 431 g/mol. The number of nitrogens with one attached hydrogen (secondary N) is 1. The van der Waals surface area contributed by atoms with Crippen LogP contribution in [0, 0.1) is 0 Å². The lowest BCUT2D eigenvalue weighted by molar-refractivity contribution is 1.20. The number of hydrogen-bond acceptors (Lipinski definition) is 6. The van der Waals surface area contributed by atoms with E-state index in [1.54, 1.807) is 29.9 Å². The third-order valence-corrected chi connectivity index (χ3v) is 6.21. The first-order chi connectivity index (χ1) is 15.8. The fourth-order valence-electron chi connectivity index (χ4n) is 3.73. The van der Waals surface area contributed by atoms with Crippen molar-refractivity contribution in [1.29, 1.82) is 0 Å². The fourth-order valence-corrected chi connectivity index (χ4v) is 4.56. The van der Waals surface area contributed by atoms with Crippen LogP contribution in [0.3, 0.4) is 0 Å². The van der Waals surface area contributed by atoms with E-state index in [0.29, 0.717) is 5.82 Å². The predicted octanol–water partition coefficient (Wildman–Crippen LogP) is 6.71. The van der Waals surface area contributed by atoms with Crippen LogP contribution in [0.5, 0.6) is 0 Å². The lowest BCUT2D eigenvalue weighted by Crippen LogP contribution is -2.00. The van der Waals surface area contributed by atoms with E-state index in [2.05, 4.69) is 63.1 Å². The van der Waals surface area contributed by atoms with Crippen molar-refractivity contribution in [1.82, 2.24) is 19.9 Å². The first-order valence-electron chi connectivity index (χ1n) is 10.2. The Morgan fingerprint density at radius 1 is 0.719 bits per heavy atom. The van der Waals surface area contributed by atoms with Crippen molar-refractivity contribution in [2.75, 3.05) is 5.32 Å². The third-order valence-electron chi connectivity index (χ3n) is 5.33. The average molecular weight is 432 g/mol. The third kappa shape index (κ3) is 3.46. The molecule has 0 spiro atoms. The van der Waals surface area contributed by atoms with Gasteiger partial charge in [-0.25, -0.2) is 9.97 Å². The van der Waals surface area contributed by atoms with Crippen LogP contribution >= 0.6 is 11.3 Å². The average Bonchev–Trinajstić information content (AvgIpc) is 3.33. The molecule has 0 aliphatic carbocycles. The zero-order chi connectivity index (χ0) is 21.3. The number of hydrogen-bond donors (Lipinski definition) is 1. The molecule has 0 unspecified atom stereocenters. The first kappa shape index (κ1) is 18.6. The molecule has 0 saturated carbocycles. The summed E-state index contributed by atoms with van der Waals surface area (Å²) in [4.78, 5) is 18.2. The number of pyridine rings is 2. The number of aromatic nitrogens is 4. The van der Waals surface area contributed by atoms with Crippen molar-refractivity contribution in [3.05, 3.63) is 96.9 Å². The fraction of sp³-hybridized carbons (Fsp3) is 0. The molecular formula is C26H17N5S. The highest BCUT2D eigenvalue weighted by Crippen LogP contribution is 2.32. The maximum Gasteiger partial charge on any atom is 0.163 e. The van der Waals surface area contributed by atoms with Gasteiger partial charge in [0.1, 0.15) is 5.82 Å². The van der Waals surface area contributed by atoms with Crippen LogP contribution in [0.1, 0.15) is 0 Å². The highest BCUT2D eigenvalue weighted by atomic mass is 32.1. The molecule has 6 heteroatoms. The molecule has 0 aliphatic rings. The molecule has 4 heterocycles. The van der Waals surface area contributed by atoms with Gasteiger partial charge < -0.3 is 5.32 Å². The molecule has 0 amide bonds. The van der Waals surface area contributed by atoms with Crippen molar-refractivity contribution in [2.24, 2.45) is 0 Å². The van der Waals surface area contributed by atoms with Gasteiger partial charge in [0.15, 0.2) is 5.82 Å². The van der Waals surface area contributed by atoms with E-state index in [9.17, 15) is 0 Å². The Kier molecular flexibility index (Phi) is 4.55. The maximum absolute atomic E-state index is 4.89. The molecule has 4 aromatic heterocycles. The van der Waals surface area contributed by atoms with Crippen LogP contribution in [0.25, 0.3) is 43.5 Å². The normalized spacial score (nSPS) is 11.1. The second kappa shape index (κ2) is 7.83. The van der Waals surface area contributed by atoms with Crippen LogP contribution in [0.2, 0.25) is 0 Å². The molecule has 0 radical (unpaired) electrons. The molecule has 0 atom stereocenters. The van der Waals surface area contributed by atoms with Gasteiger partial charge in [-0.3, -0.25) is 9.97 Å². The number of thiophene rings is 1. The van der Waals surface area contributed by atoms with Gasteiger partial charge in [0.2, 0.25) is 0 Å². The second-order valence-corrected chi connectivity index (χ2v) is 8.36. The van der Waals surface area contributed by atoms with Gasteiger partial charge in [-0.2, -0.15) is 0 Å². The van der Waals surface area contributed by atoms with Gasteiger partial charge in [0.05, 0.1) is 5.52 Å². The van der Waals surface area contributed by atoms with Gasteiger partial charge >= 0.3 is 0 Å². The Hall–Kier alpha value is -4.16. The van der Waals surface area contributed by atoms with E-state index >= 15 is 0 Å². The molecule has 0 saturated heterocycles. The molecule has 6 aromatic rings. The number of fused-ring (bicyclic) bond motifs is 2. The molecule has 1 N–H and O–H groups in total. The summed E-state index contributed by atoms with van der Waals surface area (Å²) in [5.74, 6) is 1.40. The number of rotatable bonds is 4. The van der Waals surface area contributed by atoms with Crippen molar-refractivity contribution < 1.29 is 0 Å². The van der Waals surface area contributed by atoms with Crippen molar-refractivity contribution in [2.45, 2.75) is 0 Å². The van der Waals surface area contributed by atoms with Crippen LogP contribution in [-0.4, -0.2) is 19.9 Å². The minimum absolute atomic E-state index is 0.638. The Morgan fingerprint density at radius 3 is 2.38 bits per heavy atom. The van der Waals surface area contributed by atoms with Crippen molar-refractivity contribution in [3.63, 3.8) is 0 Å². The lowest BCUT2D eigenvalue weighted by atomic mass is 10.0. The highest BCUT2D eigenvalue weighted by molar-refractivity contribution is 7.17. The van der Waals surface area contributed by atoms with Crippen LogP contribution in [0.4, 0.5) is 11.5 Å². The smallest absolute Gasteiger partial charge is 0.163 e. The van der Waals surface area contributed by atoms with E-state index in [4.69, 9.17) is 9.97 Å². The molecule has 0 fully saturated rings. The molecule has 2 aromatic carbocycles. The van der Waals surface area contributed by atoms with Gasteiger partial charge in [0, 0.05) is 51.7 Å². The zero-order valence-electron chi connectivity index (χ0n) is 16.9. The van der Waals surface area contributed by atoms with Gasteiger partial charge in [0.25, 0.3) is 0 Å². The molecule has 0 aliphatic heterocycles. The lowest BCUT2D eigenvalue weighted by Gasteiger charge is -2.12. The van der Waals surface area contributed by atoms with E-state index in [1.165, 1.54) is 10.1 Å². The van der Waals surface area contributed by atoms with E-state index in [-0.39, 0.29) is 0 Å².